The summed E-state index contributed by atoms with van der Waals surface area (Å²) in [5.41, 5.74) is 7.23. The number of aromatic nitrogens is 2. The fourth-order valence-corrected chi connectivity index (χ4v) is 3.94. The van der Waals surface area contributed by atoms with Gasteiger partial charge in [-0.25, -0.2) is 9.78 Å². The van der Waals surface area contributed by atoms with Crippen LogP contribution in [-0.2, 0) is 11.3 Å². The van der Waals surface area contributed by atoms with Gasteiger partial charge in [0.15, 0.2) is 0 Å². The van der Waals surface area contributed by atoms with E-state index in [0.29, 0.717) is 12.1 Å². The molecule has 6 nitrogen and oxygen atoms in total. The molecule has 0 fully saturated rings. The molecule has 0 radical (unpaired) electrons. The number of carbonyl (C=O) groups excluding carboxylic acids is 1. The van der Waals surface area contributed by atoms with E-state index in [1.165, 1.54) is 5.56 Å². The monoisotopic (exact) mass is 466 g/mol. The number of hydrogen-bond donors (Lipinski definition) is 1. The number of benzene rings is 2. The largest absolute Gasteiger partial charge is 0.444 e. The van der Waals surface area contributed by atoms with Crippen molar-refractivity contribution < 1.29 is 9.53 Å². The fourth-order valence-electron chi connectivity index (χ4n) is 3.94. The summed E-state index contributed by atoms with van der Waals surface area (Å²) in [5, 5.41) is 12.0. The van der Waals surface area contributed by atoms with Crippen LogP contribution in [0.3, 0.4) is 0 Å². The van der Waals surface area contributed by atoms with Gasteiger partial charge < -0.3 is 14.6 Å². The Labute approximate surface area is 206 Å². The summed E-state index contributed by atoms with van der Waals surface area (Å²) in [7, 11) is 0. The molecule has 0 unspecified atom stereocenters. The van der Waals surface area contributed by atoms with Gasteiger partial charge in [-0.2, -0.15) is 5.26 Å². The van der Waals surface area contributed by atoms with Crippen LogP contribution in [0.1, 0.15) is 38.3 Å². The molecule has 35 heavy (non-hydrogen) atoms. The van der Waals surface area contributed by atoms with Crippen LogP contribution < -0.4 is 5.32 Å². The molecule has 0 bridgehead atoms. The summed E-state index contributed by atoms with van der Waals surface area (Å²) in [6.07, 6.45) is 2.39. The summed E-state index contributed by atoms with van der Waals surface area (Å²) in [5.74, 6) is 0. The van der Waals surface area contributed by atoms with Gasteiger partial charge in [-0.1, -0.05) is 42.0 Å². The zero-order chi connectivity index (χ0) is 25.0. The molecule has 0 saturated carbocycles. The molecule has 0 atom stereocenters. The SMILES string of the molecule is Cc1ccc(-c2nc3ccn(CCCNC(=O)OC(C)(C)C)c3cc2-c2ccc(C#N)cc2)cc1. The molecule has 4 aromatic rings. The zero-order valence-electron chi connectivity index (χ0n) is 20.6. The minimum atomic E-state index is -0.511. The van der Waals surface area contributed by atoms with E-state index in [-0.39, 0.29) is 0 Å². The van der Waals surface area contributed by atoms with E-state index in [1.807, 2.05) is 57.3 Å². The van der Waals surface area contributed by atoms with Gasteiger partial charge in [-0.05, 0) is 63.9 Å². The van der Waals surface area contributed by atoms with Gasteiger partial charge in [0.05, 0.1) is 28.4 Å². The Morgan fingerprint density at radius 3 is 2.40 bits per heavy atom. The smallest absolute Gasteiger partial charge is 0.407 e. The first kappa shape index (κ1) is 24.0. The molecular formula is C29H30N4O2. The van der Waals surface area contributed by atoms with Crippen molar-refractivity contribution in [2.45, 2.75) is 46.3 Å². The van der Waals surface area contributed by atoms with E-state index in [9.17, 15) is 10.1 Å². The first-order valence-corrected chi connectivity index (χ1v) is 11.8. The Balaban J connectivity index is 1.63. The third-order valence-electron chi connectivity index (χ3n) is 5.65. The van der Waals surface area contributed by atoms with Crippen LogP contribution in [0.15, 0.2) is 66.9 Å². The van der Waals surface area contributed by atoms with Crippen LogP contribution in [0.2, 0.25) is 0 Å². The minimum Gasteiger partial charge on any atom is -0.444 e. The van der Waals surface area contributed by atoms with Crippen molar-refractivity contribution in [1.29, 1.82) is 5.26 Å². The van der Waals surface area contributed by atoms with Crippen LogP contribution in [0.25, 0.3) is 33.4 Å². The van der Waals surface area contributed by atoms with Crippen LogP contribution in [0.5, 0.6) is 0 Å². The third kappa shape index (κ3) is 5.88. The molecule has 2 heterocycles. The van der Waals surface area contributed by atoms with Crippen molar-refractivity contribution in [2.24, 2.45) is 0 Å². The molecule has 0 aliphatic heterocycles. The predicted molar refractivity (Wildman–Crippen MR) is 139 cm³/mol. The highest BCUT2D eigenvalue weighted by atomic mass is 16.6. The number of ether oxygens (including phenoxy) is 1. The van der Waals surface area contributed by atoms with Crippen molar-refractivity contribution in [3.8, 4) is 28.5 Å². The Hall–Kier alpha value is -4.11. The number of carbonyl (C=O) groups is 1. The van der Waals surface area contributed by atoms with E-state index in [0.717, 1.165) is 46.4 Å². The van der Waals surface area contributed by atoms with Crippen molar-refractivity contribution in [3.63, 3.8) is 0 Å². The predicted octanol–water partition coefficient (Wildman–Crippen LogP) is 6.47. The molecule has 1 amide bonds. The normalized spacial score (nSPS) is 11.3. The Morgan fingerprint density at radius 1 is 1.06 bits per heavy atom. The molecule has 0 aliphatic rings. The second-order valence-corrected chi connectivity index (χ2v) is 9.64. The molecule has 0 spiro atoms. The van der Waals surface area contributed by atoms with Crippen molar-refractivity contribution in [3.05, 3.63) is 78.0 Å². The van der Waals surface area contributed by atoms with E-state index in [4.69, 9.17) is 9.72 Å². The maximum absolute atomic E-state index is 11.9. The Morgan fingerprint density at radius 2 is 1.74 bits per heavy atom. The van der Waals surface area contributed by atoms with Crippen LogP contribution in [0.4, 0.5) is 4.79 Å². The average molecular weight is 467 g/mol. The number of hydrogen-bond acceptors (Lipinski definition) is 4. The minimum absolute atomic E-state index is 0.401. The maximum atomic E-state index is 11.9. The lowest BCUT2D eigenvalue weighted by atomic mass is 9.97. The van der Waals surface area contributed by atoms with E-state index < -0.39 is 11.7 Å². The second kappa shape index (κ2) is 10.0. The molecule has 4 rings (SSSR count). The standard InChI is InChI=1S/C29H30N4O2/c1-20-6-10-23(11-7-20)27-24(22-12-8-21(19-30)9-13-22)18-26-25(32-27)14-17-33(26)16-5-15-31-28(34)35-29(2,3)4/h6-14,17-18H,5,15-16H2,1-4H3,(H,31,34). The first-order valence-electron chi connectivity index (χ1n) is 11.8. The highest BCUT2D eigenvalue weighted by molar-refractivity contribution is 5.90. The zero-order valence-corrected chi connectivity index (χ0v) is 20.6. The number of nitriles is 1. The summed E-state index contributed by atoms with van der Waals surface area (Å²) in [4.78, 5) is 16.9. The first-order chi connectivity index (χ1) is 16.7. The lowest BCUT2D eigenvalue weighted by molar-refractivity contribution is 0.0526. The number of amides is 1. The van der Waals surface area contributed by atoms with Crippen LogP contribution >= 0.6 is 0 Å². The van der Waals surface area contributed by atoms with Gasteiger partial charge in [0.1, 0.15) is 5.60 Å². The lowest BCUT2D eigenvalue weighted by Crippen LogP contribution is -2.33. The number of nitrogens with zero attached hydrogens (tertiary/aromatic N) is 3. The molecule has 2 aromatic carbocycles. The number of fused-ring (bicyclic) bond motifs is 1. The molecule has 1 N–H and O–H groups in total. The quantitative estimate of drug-likeness (QED) is 0.331. The summed E-state index contributed by atoms with van der Waals surface area (Å²) in [6.45, 7) is 8.87. The third-order valence-corrected chi connectivity index (χ3v) is 5.65. The van der Waals surface area contributed by atoms with Gasteiger partial charge in [-0.15, -0.1) is 0 Å². The van der Waals surface area contributed by atoms with Gasteiger partial charge in [0, 0.05) is 30.4 Å². The highest BCUT2D eigenvalue weighted by Gasteiger charge is 2.16. The molecule has 6 heteroatoms. The van der Waals surface area contributed by atoms with Gasteiger partial charge in [0.25, 0.3) is 0 Å². The number of pyridine rings is 1. The summed E-state index contributed by atoms with van der Waals surface area (Å²) < 4.78 is 7.46. The topological polar surface area (TPSA) is 79.9 Å². The average Bonchev–Trinajstić information content (AvgIpc) is 3.22. The lowest BCUT2D eigenvalue weighted by Gasteiger charge is -2.19. The van der Waals surface area contributed by atoms with Crippen molar-refractivity contribution in [1.82, 2.24) is 14.9 Å². The number of nitrogens with one attached hydrogen (secondary N) is 1. The van der Waals surface area contributed by atoms with E-state index in [1.54, 1.807) is 0 Å². The van der Waals surface area contributed by atoms with Gasteiger partial charge >= 0.3 is 6.09 Å². The Kier molecular flexibility index (Phi) is 6.88. The molecule has 0 saturated heterocycles. The highest BCUT2D eigenvalue weighted by Crippen LogP contribution is 2.34. The number of rotatable bonds is 6. The molecule has 178 valence electrons. The fraction of sp³-hybridized carbons (Fsp3) is 0.276. The van der Waals surface area contributed by atoms with Crippen molar-refractivity contribution >= 4 is 17.1 Å². The molecule has 2 aromatic heterocycles. The van der Waals surface area contributed by atoms with Crippen LogP contribution in [-0.4, -0.2) is 27.8 Å². The Bertz CT molecular complexity index is 1370. The van der Waals surface area contributed by atoms with Gasteiger partial charge in [-0.3, -0.25) is 0 Å². The van der Waals surface area contributed by atoms with E-state index in [2.05, 4.69) is 53.2 Å². The number of aryl methyl sites for hydroxylation is 2. The van der Waals surface area contributed by atoms with Crippen molar-refractivity contribution in [2.75, 3.05) is 6.54 Å². The summed E-state index contributed by atoms with van der Waals surface area (Å²) >= 11 is 0. The molecule has 0 aliphatic carbocycles. The van der Waals surface area contributed by atoms with Crippen LogP contribution in [0, 0.1) is 18.3 Å². The second-order valence-electron chi connectivity index (χ2n) is 9.64. The van der Waals surface area contributed by atoms with Gasteiger partial charge in [0.2, 0.25) is 0 Å². The number of alkyl carbamates (subject to hydrolysis) is 1. The maximum Gasteiger partial charge on any atom is 0.407 e. The summed E-state index contributed by atoms with van der Waals surface area (Å²) in [6, 6.07) is 22.3. The molecular weight excluding hydrogens is 436 g/mol. The van der Waals surface area contributed by atoms with E-state index >= 15 is 0 Å².